The molecule has 78 valence electrons. The average Bonchev–Trinajstić information content (AvgIpc) is 2.67. The molecule has 0 aromatic carbocycles. The number of hydrogen-bond donors (Lipinski definition) is 1. The van der Waals surface area contributed by atoms with Crippen LogP contribution in [0.15, 0.2) is 4.52 Å². The van der Waals surface area contributed by atoms with Crippen LogP contribution in [-0.4, -0.2) is 26.8 Å². The lowest BCUT2D eigenvalue weighted by Gasteiger charge is -2.19. The molecular weight excluding hydrogens is 200 g/mol. The Morgan fingerprint density at radius 1 is 1.43 bits per heavy atom. The fourth-order valence-electron chi connectivity index (χ4n) is 1.63. The first-order valence-corrected chi connectivity index (χ1v) is 6.04. The number of hydrogen-bond acceptors (Lipinski definition) is 5. The Labute approximate surface area is 87.1 Å². The van der Waals surface area contributed by atoms with Crippen molar-refractivity contribution in [2.24, 2.45) is 5.92 Å². The third-order valence-electron chi connectivity index (χ3n) is 2.46. The summed E-state index contributed by atoms with van der Waals surface area (Å²) >= 11 is 2.01. The van der Waals surface area contributed by atoms with Crippen LogP contribution in [0.5, 0.6) is 0 Å². The van der Waals surface area contributed by atoms with Crippen molar-refractivity contribution in [2.75, 3.05) is 11.5 Å². The van der Waals surface area contributed by atoms with Gasteiger partial charge in [-0.25, -0.2) is 0 Å². The molecule has 1 N–H and O–H groups in total. The molecule has 0 bridgehead atoms. The van der Waals surface area contributed by atoms with Gasteiger partial charge in [0.25, 0.3) is 0 Å². The van der Waals surface area contributed by atoms with Crippen LogP contribution in [0.1, 0.15) is 24.6 Å². The van der Waals surface area contributed by atoms with E-state index in [1.165, 1.54) is 24.3 Å². The maximum absolute atomic E-state index is 8.77. The summed E-state index contributed by atoms with van der Waals surface area (Å²) in [6.45, 7) is -0.135. The van der Waals surface area contributed by atoms with E-state index < -0.39 is 0 Å². The molecule has 0 radical (unpaired) electrons. The summed E-state index contributed by atoms with van der Waals surface area (Å²) in [7, 11) is 0. The summed E-state index contributed by atoms with van der Waals surface area (Å²) in [6, 6.07) is 0. The van der Waals surface area contributed by atoms with Crippen molar-refractivity contribution in [1.82, 2.24) is 10.1 Å². The molecule has 0 aliphatic carbocycles. The van der Waals surface area contributed by atoms with E-state index in [-0.39, 0.29) is 6.61 Å². The molecule has 2 rings (SSSR count). The first-order chi connectivity index (χ1) is 6.88. The number of rotatable bonds is 3. The predicted molar refractivity (Wildman–Crippen MR) is 54.0 cm³/mol. The highest BCUT2D eigenvalue weighted by atomic mass is 32.2. The van der Waals surface area contributed by atoms with Crippen LogP contribution in [0.2, 0.25) is 0 Å². The van der Waals surface area contributed by atoms with Gasteiger partial charge in [-0.2, -0.15) is 16.7 Å². The fourth-order valence-corrected chi connectivity index (χ4v) is 2.84. The number of aliphatic hydroxyl groups excluding tert-OH is 1. The van der Waals surface area contributed by atoms with Gasteiger partial charge in [-0.1, -0.05) is 5.16 Å². The van der Waals surface area contributed by atoms with Gasteiger partial charge in [-0.05, 0) is 30.3 Å². The van der Waals surface area contributed by atoms with Crippen LogP contribution in [0, 0.1) is 5.92 Å². The van der Waals surface area contributed by atoms with Crippen molar-refractivity contribution in [3.8, 4) is 0 Å². The minimum absolute atomic E-state index is 0.135. The van der Waals surface area contributed by atoms with Crippen LogP contribution in [0.25, 0.3) is 0 Å². The predicted octanol–water partition coefficient (Wildman–Crippen LogP) is 1.25. The Hall–Kier alpha value is -0.550. The normalized spacial score (nSPS) is 18.6. The minimum Gasteiger partial charge on any atom is -0.388 e. The van der Waals surface area contributed by atoms with Crippen molar-refractivity contribution >= 4 is 11.8 Å². The van der Waals surface area contributed by atoms with E-state index >= 15 is 0 Å². The lowest BCUT2D eigenvalue weighted by Crippen LogP contribution is -2.12. The summed E-state index contributed by atoms with van der Waals surface area (Å²) in [5, 5.41) is 12.4. The zero-order valence-corrected chi connectivity index (χ0v) is 8.79. The Bertz CT molecular complexity index is 284. The standard InChI is InChI=1S/C9H14N2O2S/c12-6-8-10-9(13-11-8)5-7-1-3-14-4-2-7/h7,12H,1-6H2. The largest absolute Gasteiger partial charge is 0.388 e. The van der Waals surface area contributed by atoms with Crippen LogP contribution in [0.4, 0.5) is 0 Å². The summed E-state index contributed by atoms with van der Waals surface area (Å²) in [5.74, 6) is 4.23. The third kappa shape index (κ3) is 2.48. The topological polar surface area (TPSA) is 59.2 Å². The Balaban J connectivity index is 1.89. The molecule has 1 aliphatic heterocycles. The molecular formula is C9H14N2O2S. The van der Waals surface area contributed by atoms with E-state index in [4.69, 9.17) is 9.63 Å². The van der Waals surface area contributed by atoms with Gasteiger partial charge in [0.15, 0.2) is 5.82 Å². The quantitative estimate of drug-likeness (QED) is 0.820. The van der Waals surface area contributed by atoms with Gasteiger partial charge in [0.2, 0.25) is 5.89 Å². The molecule has 0 saturated carbocycles. The Kier molecular flexibility index (Phi) is 3.42. The van der Waals surface area contributed by atoms with E-state index in [0.29, 0.717) is 17.6 Å². The smallest absolute Gasteiger partial charge is 0.227 e. The van der Waals surface area contributed by atoms with Crippen LogP contribution in [-0.2, 0) is 13.0 Å². The first-order valence-electron chi connectivity index (χ1n) is 4.88. The Morgan fingerprint density at radius 3 is 2.86 bits per heavy atom. The number of thioether (sulfide) groups is 1. The SMILES string of the molecule is OCc1noc(CC2CCSCC2)n1. The van der Waals surface area contributed by atoms with Gasteiger partial charge in [-0.3, -0.25) is 0 Å². The van der Waals surface area contributed by atoms with Gasteiger partial charge in [0, 0.05) is 6.42 Å². The summed E-state index contributed by atoms with van der Waals surface area (Å²) < 4.78 is 5.03. The summed E-state index contributed by atoms with van der Waals surface area (Å²) in [4.78, 5) is 4.09. The molecule has 0 unspecified atom stereocenters. The van der Waals surface area contributed by atoms with Gasteiger partial charge >= 0.3 is 0 Å². The van der Waals surface area contributed by atoms with E-state index in [9.17, 15) is 0 Å². The van der Waals surface area contributed by atoms with Gasteiger partial charge in [0.05, 0.1) is 0 Å². The van der Waals surface area contributed by atoms with Crippen molar-refractivity contribution in [3.63, 3.8) is 0 Å². The first kappa shape index (κ1) is 9.98. The highest BCUT2D eigenvalue weighted by Crippen LogP contribution is 2.25. The second kappa shape index (κ2) is 4.79. The molecule has 5 heteroatoms. The molecule has 0 amide bonds. The number of aliphatic hydroxyl groups is 1. The fraction of sp³-hybridized carbons (Fsp3) is 0.778. The molecule has 0 atom stereocenters. The maximum Gasteiger partial charge on any atom is 0.227 e. The van der Waals surface area contributed by atoms with Crippen molar-refractivity contribution in [2.45, 2.75) is 25.9 Å². The van der Waals surface area contributed by atoms with Crippen molar-refractivity contribution in [3.05, 3.63) is 11.7 Å². The van der Waals surface area contributed by atoms with Gasteiger partial charge in [-0.15, -0.1) is 0 Å². The zero-order chi connectivity index (χ0) is 9.80. The second-order valence-electron chi connectivity index (χ2n) is 3.52. The van der Waals surface area contributed by atoms with E-state index in [1.54, 1.807) is 0 Å². The zero-order valence-electron chi connectivity index (χ0n) is 7.98. The van der Waals surface area contributed by atoms with Crippen molar-refractivity contribution < 1.29 is 9.63 Å². The van der Waals surface area contributed by atoms with E-state index in [2.05, 4.69) is 10.1 Å². The maximum atomic E-state index is 8.77. The lowest BCUT2D eigenvalue weighted by molar-refractivity contribution is 0.262. The Morgan fingerprint density at radius 2 is 2.21 bits per heavy atom. The van der Waals surface area contributed by atoms with Crippen molar-refractivity contribution in [1.29, 1.82) is 0 Å². The molecule has 1 aromatic rings. The van der Waals surface area contributed by atoms with Gasteiger partial charge < -0.3 is 9.63 Å². The van der Waals surface area contributed by atoms with E-state index in [1.807, 2.05) is 11.8 Å². The molecule has 0 spiro atoms. The molecule has 14 heavy (non-hydrogen) atoms. The number of nitrogens with zero attached hydrogens (tertiary/aromatic N) is 2. The summed E-state index contributed by atoms with van der Waals surface area (Å²) in [5.41, 5.74) is 0. The highest BCUT2D eigenvalue weighted by molar-refractivity contribution is 7.99. The number of aromatic nitrogens is 2. The second-order valence-corrected chi connectivity index (χ2v) is 4.75. The van der Waals surface area contributed by atoms with Crippen LogP contribution in [0.3, 0.4) is 0 Å². The molecule has 1 fully saturated rings. The molecule has 2 heterocycles. The van der Waals surface area contributed by atoms with Gasteiger partial charge in [0.1, 0.15) is 6.61 Å². The lowest BCUT2D eigenvalue weighted by atomic mass is 9.99. The molecule has 4 nitrogen and oxygen atoms in total. The monoisotopic (exact) mass is 214 g/mol. The minimum atomic E-state index is -0.135. The molecule has 1 aliphatic rings. The average molecular weight is 214 g/mol. The molecule has 1 aromatic heterocycles. The molecule has 1 saturated heterocycles. The summed E-state index contributed by atoms with van der Waals surface area (Å²) in [6.07, 6.45) is 3.34. The van der Waals surface area contributed by atoms with Crippen LogP contribution < -0.4 is 0 Å². The van der Waals surface area contributed by atoms with E-state index in [0.717, 1.165) is 6.42 Å². The van der Waals surface area contributed by atoms with Crippen LogP contribution >= 0.6 is 11.8 Å². The highest BCUT2D eigenvalue weighted by Gasteiger charge is 2.17. The third-order valence-corrected chi connectivity index (χ3v) is 3.50.